The Morgan fingerprint density at radius 1 is 1.11 bits per heavy atom. The van der Waals surface area contributed by atoms with Crippen molar-refractivity contribution in [3.63, 3.8) is 0 Å². The third-order valence-corrected chi connectivity index (χ3v) is 2.85. The standard InChI is InChI=1S/C13H15N3O2/c1-9-4-7-13(16(17)18)12(8-9)14-15-10(2)5-6-11(15)3/h4-8,14H,1-3H3. The molecule has 0 atom stereocenters. The first-order chi connectivity index (χ1) is 8.49. The highest BCUT2D eigenvalue weighted by Gasteiger charge is 2.14. The number of rotatable bonds is 3. The zero-order valence-electron chi connectivity index (χ0n) is 10.6. The summed E-state index contributed by atoms with van der Waals surface area (Å²) >= 11 is 0. The van der Waals surface area contributed by atoms with Crippen molar-refractivity contribution in [1.29, 1.82) is 0 Å². The largest absolute Gasteiger partial charge is 0.294 e. The number of nitrogens with zero attached hydrogens (tertiary/aromatic N) is 2. The minimum Gasteiger partial charge on any atom is -0.288 e. The van der Waals surface area contributed by atoms with Crippen LogP contribution in [0.1, 0.15) is 17.0 Å². The molecule has 5 nitrogen and oxygen atoms in total. The van der Waals surface area contributed by atoms with Gasteiger partial charge in [-0.05, 0) is 44.5 Å². The lowest BCUT2D eigenvalue weighted by molar-refractivity contribution is -0.384. The zero-order valence-corrected chi connectivity index (χ0v) is 10.6. The van der Waals surface area contributed by atoms with Gasteiger partial charge < -0.3 is 0 Å². The van der Waals surface area contributed by atoms with Gasteiger partial charge in [0.15, 0.2) is 0 Å². The number of anilines is 1. The Morgan fingerprint density at radius 2 is 1.72 bits per heavy atom. The first kappa shape index (κ1) is 12.2. The van der Waals surface area contributed by atoms with E-state index in [1.54, 1.807) is 12.1 Å². The molecule has 0 aliphatic heterocycles. The lowest BCUT2D eigenvalue weighted by Crippen LogP contribution is -2.13. The molecule has 0 bridgehead atoms. The van der Waals surface area contributed by atoms with E-state index in [0.717, 1.165) is 17.0 Å². The summed E-state index contributed by atoms with van der Waals surface area (Å²) in [6.07, 6.45) is 0. The van der Waals surface area contributed by atoms with Crippen LogP contribution < -0.4 is 5.43 Å². The quantitative estimate of drug-likeness (QED) is 0.667. The maximum atomic E-state index is 11.0. The Balaban J connectivity index is 2.45. The van der Waals surface area contributed by atoms with E-state index in [4.69, 9.17) is 0 Å². The fourth-order valence-corrected chi connectivity index (χ4v) is 1.86. The number of nitro benzene ring substituents is 1. The summed E-state index contributed by atoms with van der Waals surface area (Å²) in [6.45, 7) is 5.80. The second-order valence-corrected chi connectivity index (χ2v) is 4.34. The average molecular weight is 245 g/mol. The second-order valence-electron chi connectivity index (χ2n) is 4.34. The molecule has 0 saturated heterocycles. The fraction of sp³-hybridized carbons (Fsp3) is 0.231. The third-order valence-electron chi connectivity index (χ3n) is 2.85. The fourth-order valence-electron chi connectivity index (χ4n) is 1.86. The predicted octanol–water partition coefficient (Wildman–Crippen LogP) is 3.20. The molecular weight excluding hydrogens is 230 g/mol. The average Bonchev–Trinajstić information content (AvgIpc) is 2.60. The summed E-state index contributed by atoms with van der Waals surface area (Å²) in [5, 5.41) is 11.0. The Morgan fingerprint density at radius 3 is 2.28 bits per heavy atom. The van der Waals surface area contributed by atoms with Crippen LogP contribution in [0.15, 0.2) is 30.3 Å². The number of hydrogen-bond acceptors (Lipinski definition) is 3. The van der Waals surface area contributed by atoms with Crippen LogP contribution in [0.2, 0.25) is 0 Å². The molecule has 1 aromatic carbocycles. The normalized spacial score (nSPS) is 10.4. The van der Waals surface area contributed by atoms with E-state index >= 15 is 0 Å². The molecule has 1 heterocycles. The molecule has 2 aromatic rings. The number of benzene rings is 1. The van der Waals surface area contributed by atoms with Crippen LogP contribution in [-0.2, 0) is 0 Å². The Kier molecular flexibility index (Phi) is 3.06. The summed E-state index contributed by atoms with van der Waals surface area (Å²) in [7, 11) is 0. The van der Waals surface area contributed by atoms with Crippen LogP contribution in [0.25, 0.3) is 0 Å². The molecule has 5 heteroatoms. The second kappa shape index (κ2) is 4.52. The van der Waals surface area contributed by atoms with Gasteiger partial charge in [-0.15, -0.1) is 0 Å². The molecule has 94 valence electrons. The van der Waals surface area contributed by atoms with Crippen LogP contribution >= 0.6 is 0 Å². The molecule has 1 N–H and O–H groups in total. The summed E-state index contributed by atoms with van der Waals surface area (Å²) < 4.78 is 1.84. The molecule has 0 radical (unpaired) electrons. The van der Waals surface area contributed by atoms with E-state index in [0.29, 0.717) is 5.69 Å². The molecule has 0 saturated carbocycles. The highest BCUT2D eigenvalue weighted by Crippen LogP contribution is 2.26. The Hall–Kier alpha value is -2.30. The van der Waals surface area contributed by atoms with Crippen molar-refractivity contribution in [2.75, 3.05) is 5.43 Å². The van der Waals surface area contributed by atoms with Gasteiger partial charge >= 0.3 is 0 Å². The SMILES string of the molecule is Cc1ccc([N+](=O)[O-])c(Nn2c(C)ccc2C)c1. The van der Waals surface area contributed by atoms with Crippen LogP contribution in [0.3, 0.4) is 0 Å². The van der Waals surface area contributed by atoms with E-state index in [2.05, 4.69) is 5.43 Å². The molecule has 0 aliphatic carbocycles. The Labute approximate surface area is 105 Å². The molecule has 18 heavy (non-hydrogen) atoms. The van der Waals surface area contributed by atoms with Crippen molar-refractivity contribution in [2.45, 2.75) is 20.8 Å². The highest BCUT2D eigenvalue weighted by atomic mass is 16.6. The Bertz CT molecular complexity index is 583. The maximum Gasteiger partial charge on any atom is 0.294 e. The highest BCUT2D eigenvalue weighted by molar-refractivity contribution is 5.62. The molecule has 0 unspecified atom stereocenters. The van der Waals surface area contributed by atoms with Gasteiger partial charge in [-0.1, -0.05) is 6.07 Å². The number of nitrogens with one attached hydrogen (secondary N) is 1. The van der Waals surface area contributed by atoms with Crippen LogP contribution in [0, 0.1) is 30.9 Å². The first-order valence-corrected chi connectivity index (χ1v) is 5.66. The molecule has 2 rings (SSSR count). The van der Waals surface area contributed by atoms with E-state index in [1.165, 1.54) is 6.07 Å². The third kappa shape index (κ3) is 2.20. The number of aromatic nitrogens is 1. The van der Waals surface area contributed by atoms with Crippen LogP contribution in [-0.4, -0.2) is 9.60 Å². The molecule has 0 amide bonds. The summed E-state index contributed by atoms with van der Waals surface area (Å²) in [6, 6.07) is 8.95. The minimum atomic E-state index is -0.379. The van der Waals surface area contributed by atoms with Crippen LogP contribution in [0.4, 0.5) is 11.4 Å². The van der Waals surface area contributed by atoms with E-state index in [-0.39, 0.29) is 10.6 Å². The topological polar surface area (TPSA) is 60.1 Å². The minimum absolute atomic E-state index is 0.0769. The number of nitro groups is 1. The van der Waals surface area contributed by atoms with Crippen molar-refractivity contribution < 1.29 is 4.92 Å². The summed E-state index contributed by atoms with van der Waals surface area (Å²) in [5.41, 5.74) is 6.65. The predicted molar refractivity (Wildman–Crippen MR) is 70.8 cm³/mol. The van der Waals surface area contributed by atoms with Crippen molar-refractivity contribution in [1.82, 2.24) is 4.68 Å². The van der Waals surface area contributed by atoms with Crippen molar-refractivity contribution in [3.8, 4) is 0 Å². The molecule has 0 spiro atoms. The van der Waals surface area contributed by atoms with Gasteiger partial charge in [-0.2, -0.15) is 0 Å². The molecule has 0 fully saturated rings. The van der Waals surface area contributed by atoms with Crippen molar-refractivity contribution in [2.24, 2.45) is 0 Å². The zero-order chi connectivity index (χ0) is 13.3. The van der Waals surface area contributed by atoms with Crippen molar-refractivity contribution >= 4 is 11.4 Å². The molecular formula is C13H15N3O2. The van der Waals surface area contributed by atoms with Crippen LogP contribution in [0.5, 0.6) is 0 Å². The molecule has 1 aromatic heterocycles. The van der Waals surface area contributed by atoms with Gasteiger partial charge in [0.25, 0.3) is 5.69 Å². The van der Waals surface area contributed by atoms with Gasteiger partial charge in [0, 0.05) is 17.5 Å². The lowest BCUT2D eigenvalue weighted by atomic mass is 10.2. The smallest absolute Gasteiger partial charge is 0.288 e. The van der Waals surface area contributed by atoms with E-state index in [9.17, 15) is 10.1 Å². The number of aryl methyl sites for hydroxylation is 3. The van der Waals surface area contributed by atoms with E-state index in [1.807, 2.05) is 37.6 Å². The first-order valence-electron chi connectivity index (χ1n) is 5.66. The van der Waals surface area contributed by atoms with Gasteiger partial charge in [0.2, 0.25) is 0 Å². The molecule has 0 aliphatic rings. The van der Waals surface area contributed by atoms with E-state index < -0.39 is 0 Å². The summed E-state index contributed by atoms with van der Waals surface area (Å²) in [4.78, 5) is 10.6. The maximum absolute atomic E-state index is 11.0. The van der Waals surface area contributed by atoms with Crippen molar-refractivity contribution in [3.05, 3.63) is 57.4 Å². The van der Waals surface area contributed by atoms with Gasteiger partial charge in [0.1, 0.15) is 5.69 Å². The summed E-state index contributed by atoms with van der Waals surface area (Å²) in [5.74, 6) is 0. The van der Waals surface area contributed by atoms with Gasteiger partial charge in [-0.3, -0.25) is 20.2 Å². The monoisotopic (exact) mass is 245 g/mol. The lowest BCUT2D eigenvalue weighted by Gasteiger charge is -2.13. The number of hydrogen-bond donors (Lipinski definition) is 1. The van der Waals surface area contributed by atoms with Gasteiger partial charge in [0.05, 0.1) is 4.92 Å². The van der Waals surface area contributed by atoms with Gasteiger partial charge in [-0.25, -0.2) is 0 Å².